The molecular weight excluding hydrogens is 226 g/mol. The van der Waals surface area contributed by atoms with Crippen LogP contribution >= 0.6 is 0 Å². The van der Waals surface area contributed by atoms with Gasteiger partial charge in [-0.25, -0.2) is 0 Å². The number of hydrogen-bond donors (Lipinski definition) is 1. The molecule has 0 spiro atoms. The molecule has 1 heterocycles. The van der Waals surface area contributed by atoms with Gasteiger partial charge in [-0.15, -0.1) is 0 Å². The van der Waals surface area contributed by atoms with Gasteiger partial charge in [0.25, 0.3) is 0 Å². The first kappa shape index (κ1) is 13.8. The monoisotopic (exact) mass is 251 g/mol. The lowest BCUT2D eigenvalue weighted by atomic mass is 9.64. The average molecular weight is 251 g/mol. The van der Waals surface area contributed by atoms with Crippen LogP contribution in [0.3, 0.4) is 0 Å². The summed E-state index contributed by atoms with van der Waals surface area (Å²) in [5.41, 5.74) is -1.69. The molecule has 4 unspecified atom stereocenters. The standard InChI is InChI=1S/C15H25NO2/c1-4-13(3)10-15(17,7-8-18-13)14(11-16)6-5-12(2)9-14/h12,17H,4-10H2,1-3H3. The first-order valence-electron chi connectivity index (χ1n) is 7.16. The fourth-order valence-corrected chi connectivity index (χ4v) is 3.78. The zero-order chi connectivity index (χ0) is 13.4. The zero-order valence-corrected chi connectivity index (χ0v) is 11.8. The highest BCUT2D eigenvalue weighted by Gasteiger charge is 2.57. The Hall–Kier alpha value is -0.590. The number of nitriles is 1. The molecule has 3 nitrogen and oxygen atoms in total. The molecule has 2 rings (SSSR count). The Labute approximate surface area is 110 Å². The summed E-state index contributed by atoms with van der Waals surface area (Å²) in [6.45, 7) is 6.89. The normalized spacial score (nSPS) is 48.9. The van der Waals surface area contributed by atoms with Crippen LogP contribution in [0.15, 0.2) is 0 Å². The molecule has 1 aliphatic heterocycles. The van der Waals surface area contributed by atoms with Crippen molar-refractivity contribution < 1.29 is 9.84 Å². The number of aliphatic hydroxyl groups is 1. The van der Waals surface area contributed by atoms with Gasteiger partial charge < -0.3 is 9.84 Å². The minimum absolute atomic E-state index is 0.275. The topological polar surface area (TPSA) is 53.2 Å². The Morgan fingerprint density at radius 1 is 1.44 bits per heavy atom. The van der Waals surface area contributed by atoms with E-state index in [9.17, 15) is 10.4 Å². The van der Waals surface area contributed by atoms with E-state index in [1.807, 2.05) is 0 Å². The largest absolute Gasteiger partial charge is 0.388 e. The molecule has 0 bridgehead atoms. The van der Waals surface area contributed by atoms with E-state index in [1.165, 1.54) is 0 Å². The van der Waals surface area contributed by atoms with E-state index in [-0.39, 0.29) is 5.60 Å². The Morgan fingerprint density at radius 3 is 2.67 bits per heavy atom. The van der Waals surface area contributed by atoms with Crippen molar-refractivity contribution in [1.29, 1.82) is 5.26 Å². The van der Waals surface area contributed by atoms with Gasteiger partial charge in [0.05, 0.1) is 29.3 Å². The first-order chi connectivity index (χ1) is 8.39. The second-order valence-electron chi connectivity index (χ2n) is 6.65. The minimum Gasteiger partial charge on any atom is -0.388 e. The number of rotatable bonds is 2. The lowest BCUT2D eigenvalue weighted by Gasteiger charge is -2.49. The average Bonchev–Trinajstić information content (AvgIpc) is 2.72. The molecule has 0 radical (unpaired) electrons. The SMILES string of the molecule is CCC1(C)CC(O)(C2(C#N)CCC(C)C2)CCO1. The molecule has 0 amide bonds. The molecule has 102 valence electrons. The molecule has 1 aliphatic carbocycles. The van der Waals surface area contributed by atoms with Crippen molar-refractivity contribution in [3.8, 4) is 6.07 Å². The van der Waals surface area contributed by atoms with Crippen LogP contribution in [0, 0.1) is 22.7 Å². The van der Waals surface area contributed by atoms with E-state index in [2.05, 4.69) is 26.8 Å². The minimum atomic E-state index is -0.866. The van der Waals surface area contributed by atoms with Gasteiger partial charge in [0.2, 0.25) is 0 Å². The summed E-state index contributed by atoms with van der Waals surface area (Å²) in [7, 11) is 0. The summed E-state index contributed by atoms with van der Waals surface area (Å²) in [6.07, 6.45) is 4.80. The molecule has 18 heavy (non-hydrogen) atoms. The van der Waals surface area contributed by atoms with Crippen LogP contribution in [-0.2, 0) is 4.74 Å². The second-order valence-corrected chi connectivity index (χ2v) is 6.65. The van der Waals surface area contributed by atoms with E-state index in [1.54, 1.807) is 0 Å². The van der Waals surface area contributed by atoms with Crippen molar-refractivity contribution in [1.82, 2.24) is 0 Å². The highest BCUT2D eigenvalue weighted by atomic mass is 16.5. The zero-order valence-electron chi connectivity index (χ0n) is 11.8. The highest BCUT2D eigenvalue weighted by molar-refractivity contribution is 5.16. The first-order valence-corrected chi connectivity index (χ1v) is 7.16. The lowest BCUT2D eigenvalue weighted by Crippen LogP contribution is -2.55. The Kier molecular flexibility index (Phi) is 3.46. The lowest BCUT2D eigenvalue weighted by molar-refractivity contribution is -0.188. The smallest absolute Gasteiger partial charge is 0.0882 e. The molecule has 2 fully saturated rings. The van der Waals surface area contributed by atoms with E-state index < -0.39 is 11.0 Å². The summed E-state index contributed by atoms with van der Waals surface area (Å²) in [6, 6.07) is 2.47. The summed E-state index contributed by atoms with van der Waals surface area (Å²) in [5.74, 6) is 0.546. The maximum atomic E-state index is 11.1. The third kappa shape index (κ3) is 2.06. The maximum Gasteiger partial charge on any atom is 0.0882 e. The van der Waals surface area contributed by atoms with Crippen molar-refractivity contribution in [2.45, 2.75) is 70.5 Å². The molecule has 1 saturated heterocycles. The Morgan fingerprint density at radius 2 is 2.17 bits per heavy atom. The van der Waals surface area contributed by atoms with E-state index >= 15 is 0 Å². The molecular formula is C15H25NO2. The van der Waals surface area contributed by atoms with Crippen LogP contribution in [0.2, 0.25) is 0 Å². The van der Waals surface area contributed by atoms with Gasteiger partial charge in [-0.3, -0.25) is 0 Å². The molecule has 0 aromatic carbocycles. The van der Waals surface area contributed by atoms with Crippen molar-refractivity contribution in [3.05, 3.63) is 0 Å². The molecule has 0 aromatic heterocycles. The summed E-state index contributed by atoms with van der Waals surface area (Å²) in [5, 5.41) is 20.7. The van der Waals surface area contributed by atoms with Gasteiger partial charge in [0, 0.05) is 12.8 Å². The van der Waals surface area contributed by atoms with Gasteiger partial charge >= 0.3 is 0 Å². The fraction of sp³-hybridized carbons (Fsp3) is 0.933. The van der Waals surface area contributed by atoms with Crippen LogP contribution in [0.1, 0.15) is 59.3 Å². The quantitative estimate of drug-likeness (QED) is 0.820. The van der Waals surface area contributed by atoms with Crippen molar-refractivity contribution in [2.24, 2.45) is 11.3 Å². The maximum absolute atomic E-state index is 11.1. The Bertz CT molecular complexity index is 364. The third-order valence-corrected chi connectivity index (χ3v) is 5.25. The number of nitrogens with zero attached hydrogens (tertiary/aromatic N) is 1. The van der Waals surface area contributed by atoms with Crippen LogP contribution < -0.4 is 0 Å². The van der Waals surface area contributed by atoms with Gasteiger partial charge in [-0.2, -0.15) is 5.26 Å². The number of hydrogen-bond acceptors (Lipinski definition) is 3. The predicted molar refractivity (Wildman–Crippen MR) is 69.9 cm³/mol. The Balaban J connectivity index is 2.27. The molecule has 1 N–H and O–H groups in total. The highest BCUT2D eigenvalue weighted by Crippen LogP contribution is 2.54. The fourth-order valence-electron chi connectivity index (χ4n) is 3.78. The molecule has 4 atom stereocenters. The van der Waals surface area contributed by atoms with Crippen molar-refractivity contribution in [3.63, 3.8) is 0 Å². The van der Waals surface area contributed by atoms with Gasteiger partial charge in [-0.05, 0) is 38.5 Å². The molecule has 2 aliphatic rings. The van der Waals surface area contributed by atoms with E-state index in [0.29, 0.717) is 25.4 Å². The third-order valence-electron chi connectivity index (χ3n) is 5.25. The summed E-state index contributed by atoms with van der Waals surface area (Å²) < 4.78 is 5.82. The van der Waals surface area contributed by atoms with Crippen LogP contribution in [0.4, 0.5) is 0 Å². The predicted octanol–water partition coefficient (Wildman–Crippen LogP) is 3.03. The van der Waals surface area contributed by atoms with Crippen molar-refractivity contribution in [2.75, 3.05) is 6.61 Å². The second kappa shape index (κ2) is 4.51. The van der Waals surface area contributed by atoms with Crippen molar-refractivity contribution >= 4 is 0 Å². The number of ether oxygens (including phenoxy) is 1. The van der Waals surface area contributed by atoms with E-state index in [0.717, 1.165) is 25.7 Å². The van der Waals surface area contributed by atoms with Gasteiger partial charge in [-0.1, -0.05) is 13.8 Å². The van der Waals surface area contributed by atoms with Gasteiger partial charge in [0.1, 0.15) is 0 Å². The summed E-state index contributed by atoms with van der Waals surface area (Å²) in [4.78, 5) is 0. The van der Waals surface area contributed by atoms with E-state index in [4.69, 9.17) is 4.74 Å². The molecule has 1 saturated carbocycles. The van der Waals surface area contributed by atoms with Crippen LogP contribution in [0.25, 0.3) is 0 Å². The molecule has 3 heteroatoms. The van der Waals surface area contributed by atoms with Crippen LogP contribution in [0.5, 0.6) is 0 Å². The van der Waals surface area contributed by atoms with Crippen LogP contribution in [-0.4, -0.2) is 22.9 Å². The molecule has 0 aromatic rings. The van der Waals surface area contributed by atoms with Gasteiger partial charge in [0.15, 0.2) is 0 Å². The summed E-state index contributed by atoms with van der Waals surface area (Å²) >= 11 is 0.